The molecule has 2 heteroatoms. The fraction of sp³-hybridized carbons (Fsp3) is 0.455. The summed E-state index contributed by atoms with van der Waals surface area (Å²) in [5.41, 5.74) is 1.24. The van der Waals surface area contributed by atoms with Gasteiger partial charge in [-0.3, -0.25) is 0 Å². The van der Waals surface area contributed by atoms with Gasteiger partial charge in [0.1, 0.15) is 5.75 Å². The lowest BCUT2D eigenvalue weighted by Crippen LogP contribution is -1.88. The maximum absolute atomic E-state index is 9.10. The van der Waals surface area contributed by atoms with Crippen LogP contribution in [0, 0.1) is 0 Å². The van der Waals surface area contributed by atoms with E-state index in [4.69, 9.17) is 5.11 Å². The third-order valence-corrected chi connectivity index (χ3v) is 3.05. The number of hydrogen-bond donors (Lipinski definition) is 1. The van der Waals surface area contributed by atoms with Gasteiger partial charge in [0, 0.05) is 4.83 Å². The van der Waals surface area contributed by atoms with Crippen LogP contribution in [0.2, 0.25) is 0 Å². The summed E-state index contributed by atoms with van der Waals surface area (Å²) in [4.78, 5) is 0.424. The molecule has 1 aromatic carbocycles. The molecule has 0 aliphatic heterocycles. The zero-order valence-corrected chi connectivity index (χ0v) is 9.42. The topological polar surface area (TPSA) is 20.2 Å². The number of phenols is 1. The molecule has 0 radical (unpaired) electrons. The van der Waals surface area contributed by atoms with Gasteiger partial charge in [-0.25, -0.2) is 0 Å². The first kappa shape index (κ1) is 10.6. The average Bonchev–Trinajstić information content (AvgIpc) is 2.15. The van der Waals surface area contributed by atoms with Crippen molar-refractivity contribution in [3.8, 4) is 5.75 Å². The lowest BCUT2D eigenvalue weighted by atomic mass is 10.1. The van der Waals surface area contributed by atoms with E-state index in [-0.39, 0.29) is 0 Å². The Hall–Kier alpha value is -0.500. The number of unbranched alkanes of at least 4 members (excludes halogenated alkanes) is 1. The third kappa shape index (κ3) is 3.39. The first-order valence-corrected chi connectivity index (χ1v) is 5.58. The summed E-state index contributed by atoms with van der Waals surface area (Å²) in [6, 6.07) is 7.39. The summed E-state index contributed by atoms with van der Waals surface area (Å²) in [6.45, 7) is 2.19. The summed E-state index contributed by atoms with van der Waals surface area (Å²) < 4.78 is 0. The minimum Gasteiger partial charge on any atom is -0.508 e. The van der Waals surface area contributed by atoms with Crippen molar-refractivity contribution in [2.45, 2.75) is 31.0 Å². The lowest BCUT2D eigenvalue weighted by Gasteiger charge is -2.08. The van der Waals surface area contributed by atoms with Gasteiger partial charge in [0.15, 0.2) is 0 Å². The number of alkyl halides is 1. The Morgan fingerprint density at radius 1 is 1.31 bits per heavy atom. The highest BCUT2D eigenvalue weighted by atomic mass is 79.9. The van der Waals surface area contributed by atoms with Gasteiger partial charge in [-0.2, -0.15) is 0 Å². The molecule has 0 fully saturated rings. The molecule has 1 rings (SSSR count). The van der Waals surface area contributed by atoms with Gasteiger partial charge in [0.2, 0.25) is 0 Å². The van der Waals surface area contributed by atoms with E-state index >= 15 is 0 Å². The fourth-order valence-electron chi connectivity index (χ4n) is 1.23. The summed E-state index contributed by atoms with van der Waals surface area (Å²) in [6.07, 6.45) is 3.61. The molecule has 13 heavy (non-hydrogen) atoms. The van der Waals surface area contributed by atoms with Gasteiger partial charge >= 0.3 is 0 Å². The molecule has 1 unspecified atom stereocenters. The molecule has 0 saturated carbocycles. The van der Waals surface area contributed by atoms with E-state index in [9.17, 15) is 0 Å². The molecule has 0 amide bonds. The van der Waals surface area contributed by atoms with Crippen molar-refractivity contribution in [2.24, 2.45) is 0 Å². The normalized spacial score (nSPS) is 12.8. The van der Waals surface area contributed by atoms with Crippen molar-refractivity contribution in [2.75, 3.05) is 0 Å². The van der Waals surface area contributed by atoms with Crippen LogP contribution in [-0.4, -0.2) is 5.11 Å². The van der Waals surface area contributed by atoms with Crippen molar-refractivity contribution in [3.63, 3.8) is 0 Å². The van der Waals surface area contributed by atoms with E-state index in [1.54, 1.807) is 12.1 Å². The van der Waals surface area contributed by atoms with E-state index in [1.807, 2.05) is 12.1 Å². The third-order valence-electron chi connectivity index (χ3n) is 2.07. The van der Waals surface area contributed by atoms with Crippen molar-refractivity contribution < 1.29 is 5.11 Å². The summed E-state index contributed by atoms with van der Waals surface area (Å²) in [5, 5.41) is 9.10. The number of halogens is 1. The average molecular weight is 243 g/mol. The molecule has 0 aliphatic carbocycles. The molecule has 0 aromatic heterocycles. The molecule has 0 spiro atoms. The molecule has 0 heterocycles. The summed E-state index contributed by atoms with van der Waals surface area (Å²) in [7, 11) is 0. The van der Waals surface area contributed by atoms with Crippen molar-refractivity contribution in [1.82, 2.24) is 0 Å². The van der Waals surface area contributed by atoms with Crippen LogP contribution in [0.4, 0.5) is 0 Å². The molecule has 1 N–H and O–H groups in total. The molecule has 0 bridgehead atoms. The fourth-order valence-corrected chi connectivity index (χ4v) is 1.86. The standard InChI is InChI=1S/C11H15BrO/c1-2-3-4-11(12)9-5-7-10(13)8-6-9/h5-8,11,13H,2-4H2,1H3. The van der Waals surface area contributed by atoms with Crippen molar-refractivity contribution in [3.05, 3.63) is 29.8 Å². The second-order valence-electron chi connectivity index (χ2n) is 3.20. The second-order valence-corrected chi connectivity index (χ2v) is 4.31. The van der Waals surface area contributed by atoms with Gasteiger partial charge in [-0.1, -0.05) is 47.8 Å². The molecule has 1 nitrogen and oxygen atoms in total. The Morgan fingerprint density at radius 2 is 1.92 bits per heavy atom. The largest absolute Gasteiger partial charge is 0.508 e. The molecule has 1 atom stereocenters. The molecule has 72 valence electrons. The van der Waals surface area contributed by atoms with E-state index < -0.39 is 0 Å². The lowest BCUT2D eigenvalue weighted by molar-refractivity contribution is 0.475. The Labute approximate surface area is 87.9 Å². The number of hydrogen-bond acceptors (Lipinski definition) is 1. The van der Waals surface area contributed by atoms with Gasteiger partial charge in [0.25, 0.3) is 0 Å². The zero-order chi connectivity index (χ0) is 9.68. The Kier molecular flexibility index (Phi) is 4.29. The van der Waals surface area contributed by atoms with Gasteiger partial charge < -0.3 is 5.11 Å². The van der Waals surface area contributed by atoms with E-state index in [2.05, 4.69) is 22.9 Å². The minimum absolute atomic E-state index is 0.332. The van der Waals surface area contributed by atoms with Crippen LogP contribution in [0.3, 0.4) is 0 Å². The number of rotatable bonds is 4. The van der Waals surface area contributed by atoms with E-state index in [0.717, 1.165) is 6.42 Å². The number of aromatic hydroxyl groups is 1. The van der Waals surface area contributed by atoms with Crippen LogP contribution < -0.4 is 0 Å². The maximum Gasteiger partial charge on any atom is 0.115 e. The molecular formula is C11H15BrO. The molecule has 0 saturated heterocycles. The zero-order valence-electron chi connectivity index (χ0n) is 7.83. The highest BCUT2D eigenvalue weighted by Crippen LogP contribution is 2.29. The van der Waals surface area contributed by atoms with E-state index in [0.29, 0.717) is 10.6 Å². The van der Waals surface area contributed by atoms with Crippen LogP contribution in [0.1, 0.15) is 36.6 Å². The molecular weight excluding hydrogens is 228 g/mol. The van der Waals surface area contributed by atoms with Crippen LogP contribution in [0.5, 0.6) is 5.75 Å². The first-order valence-electron chi connectivity index (χ1n) is 4.67. The van der Waals surface area contributed by atoms with Gasteiger partial charge in [-0.15, -0.1) is 0 Å². The summed E-state index contributed by atoms with van der Waals surface area (Å²) in [5.74, 6) is 0.332. The van der Waals surface area contributed by atoms with Crippen LogP contribution in [-0.2, 0) is 0 Å². The van der Waals surface area contributed by atoms with E-state index in [1.165, 1.54) is 18.4 Å². The number of benzene rings is 1. The highest BCUT2D eigenvalue weighted by molar-refractivity contribution is 9.09. The Morgan fingerprint density at radius 3 is 2.46 bits per heavy atom. The highest BCUT2D eigenvalue weighted by Gasteiger charge is 2.05. The van der Waals surface area contributed by atoms with Crippen molar-refractivity contribution >= 4 is 15.9 Å². The Bertz CT molecular complexity index is 243. The smallest absolute Gasteiger partial charge is 0.115 e. The Balaban J connectivity index is 2.55. The second kappa shape index (κ2) is 5.28. The molecule has 0 aliphatic rings. The molecule has 1 aromatic rings. The van der Waals surface area contributed by atoms with Crippen molar-refractivity contribution in [1.29, 1.82) is 0 Å². The quantitative estimate of drug-likeness (QED) is 0.792. The predicted molar refractivity (Wildman–Crippen MR) is 59.3 cm³/mol. The van der Waals surface area contributed by atoms with Gasteiger partial charge in [-0.05, 0) is 24.1 Å². The van der Waals surface area contributed by atoms with Gasteiger partial charge in [0.05, 0.1) is 0 Å². The predicted octanol–water partition coefficient (Wildman–Crippen LogP) is 4.02. The maximum atomic E-state index is 9.10. The minimum atomic E-state index is 0.332. The summed E-state index contributed by atoms with van der Waals surface area (Å²) >= 11 is 3.63. The number of phenolic OH excluding ortho intramolecular Hbond substituents is 1. The first-order chi connectivity index (χ1) is 6.24. The van der Waals surface area contributed by atoms with Crippen LogP contribution in [0.15, 0.2) is 24.3 Å². The monoisotopic (exact) mass is 242 g/mol. The van der Waals surface area contributed by atoms with Crippen LogP contribution >= 0.6 is 15.9 Å². The SMILES string of the molecule is CCCCC(Br)c1ccc(O)cc1. The van der Waals surface area contributed by atoms with Crippen LogP contribution in [0.25, 0.3) is 0 Å².